The summed E-state index contributed by atoms with van der Waals surface area (Å²) in [5, 5.41) is 14.0. The highest BCUT2D eigenvalue weighted by molar-refractivity contribution is 5.92. The molecule has 28 heavy (non-hydrogen) atoms. The molecule has 1 heterocycles. The number of nitrogens with one attached hydrogen (secondary N) is 2. The summed E-state index contributed by atoms with van der Waals surface area (Å²) in [5.74, 6) is 1.52. The Morgan fingerprint density at radius 3 is 2.39 bits per heavy atom. The third-order valence-corrected chi connectivity index (χ3v) is 4.10. The van der Waals surface area contributed by atoms with Gasteiger partial charge in [-0.05, 0) is 36.2 Å². The molecule has 3 aromatic rings. The van der Waals surface area contributed by atoms with Gasteiger partial charge in [0.2, 0.25) is 0 Å². The molecule has 0 aliphatic heterocycles. The smallest absolute Gasteiger partial charge is 0.271 e. The molecular weight excluding hydrogens is 356 g/mol. The van der Waals surface area contributed by atoms with E-state index in [9.17, 15) is 4.79 Å². The van der Waals surface area contributed by atoms with E-state index in [1.807, 2.05) is 36.4 Å². The van der Waals surface area contributed by atoms with Gasteiger partial charge >= 0.3 is 0 Å². The summed E-state index contributed by atoms with van der Waals surface area (Å²) in [7, 11) is 3.16. The van der Waals surface area contributed by atoms with Crippen LogP contribution in [0.2, 0.25) is 0 Å². The Balaban J connectivity index is 1.56. The number of benzene rings is 2. The lowest BCUT2D eigenvalue weighted by atomic mass is 10.1. The van der Waals surface area contributed by atoms with E-state index in [4.69, 9.17) is 9.47 Å². The first kappa shape index (κ1) is 19.2. The van der Waals surface area contributed by atoms with Crippen LogP contribution in [0.25, 0.3) is 0 Å². The van der Waals surface area contributed by atoms with Crippen LogP contribution in [-0.2, 0) is 6.42 Å². The molecular formula is C21H22N4O3. The number of amides is 1. The molecule has 0 spiro atoms. The van der Waals surface area contributed by atoms with Crippen molar-refractivity contribution in [1.82, 2.24) is 15.5 Å². The van der Waals surface area contributed by atoms with Gasteiger partial charge in [0.25, 0.3) is 5.91 Å². The van der Waals surface area contributed by atoms with Crippen molar-refractivity contribution < 1.29 is 14.3 Å². The summed E-state index contributed by atoms with van der Waals surface area (Å²) in [5.41, 5.74) is 2.21. The molecule has 1 amide bonds. The van der Waals surface area contributed by atoms with Crippen LogP contribution >= 0.6 is 0 Å². The van der Waals surface area contributed by atoms with E-state index in [1.165, 1.54) is 5.56 Å². The van der Waals surface area contributed by atoms with Crippen molar-refractivity contribution >= 4 is 17.4 Å². The zero-order valence-electron chi connectivity index (χ0n) is 15.8. The van der Waals surface area contributed by atoms with E-state index in [0.717, 1.165) is 12.1 Å². The fourth-order valence-electron chi connectivity index (χ4n) is 2.64. The Kier molecular flexibility index (Phi) is 6.41. The van der Waals surface area contributed by atoms with Gasteiger partial charge in [0.1, 0.15) is 0 Å². The highest BCUT2D eigenvalue weighted by Gasteiger charge is 2.09. The zero-order chi connectivity index (χ0) is 19.8. The molecule has 0 unspecified atom stereocenters. The molecule has 2 aromatic carbocycles. The van der Waals surface area contributed by atoms with Crippen LogP contribution in [-0.4, -0.2) is 36.9 Å². The average Bonchev–Trinajstić information content (AvgIpc) is 2.75. The highest BCUT2D eigenvalue weighted by atomic mass is 16.5. The van der Waals surface area contributed by atoms with Crippen LogP contribution in [0, 0.1) is 0 Å². The first-order valence-electron chi connectivity index (χ1n) is 8.84. The van der Waals surface area contributed by atoms with Crippen LogP contribution < -0.4 is 20.1 Å². The molecule has 0 aliphatic rings. The Morgan fingerprint density at radius 2 is 1.71 bits per heavy atom. The number of carbonyl (C=O) groups excluding carboxylic acids is 1. The molecule has 7 nitrogen and oxygen atoms in total. The monoisotopic (exact) mass is 378 g/mol. The lowest BCUT2D eigenvalue weighted by Gasteiger charge is -2.10. The molecule has 144 valence electrons. The normalized spacial score (nSPS) is 10.2. The SMILES string of the molecule is COc1ccc(Nc2ccc(C(=O)NCCc3ccccc3)nn2)cc1OC. The topological polar surface area (TPSA) is 85.4 Å². The van der Waals surface area contributed by atoms with Crippen LogP contribution in [0.3, 0.4) is 0 Å². The largest absolute Gasteiger partial charge is 0.493 e. The van der Waals surface area contributed by atoms with Gasteiger partial charge in [-0.3, -0.25) is 4.79 Å². The maximum absolute atomic E-state index is 12.2. The minimum Gasteiger partial charge on any atom is -0.493 e. The van der Waals surface area contributed by atoms with E-state index in [2.05, 4.69) is 20.8 Å². The van der Waals surface area contributed by atoms with Crippen LogP contribution in [0.15, 0.2) is 60.7 Å². The zero-order valence-corrected chi connectivity index (χ0v) is 15.8. The fraction of sp³-hybridized carbons (Fsp3) is 0.190. The number of hydrogen-bond donors (Lipinski definition) is 2. The second kappa shape index (κ2) is 9.36. The van der Waals surface area contributed by atoms with E-state index in [0.29, 0.717) is 23.9 Å². The first-order valence-corrected chi connectivity index (χ1v) is 8.84. The molecule has 0 saturated carbocycles. The molecule has 0 atom stereocenters. The van der Waals surface area contributed by atoms with E-state index in [1.54, 1.807) is 38.5 Å². The van der Waals surface area contributed by atoms with Gasteiger partial charge in [0, 0.05) is 18.3 Å². The second-order valence-corrected chi connectivity index (χ2v) is 5.99. The summed E-state index contributed by atoms with van der Waals surface area (Å²) in [4.78, 5) is 12.2. The number of ether oxygens (including phenoxy) is 2. The first-order chi connectivity index (χ1) is 13.7. The number of methoxy groups -OCH3 is 2. The van der Waals surface area contributed by atoms with Crippen molar-refractivity contribution in [1.29, 1.82) is 0 Å². The van der Waals surface area contributed by atoms with Crippen molar-refractivity contribution in [2.75, 3.05) is 26.1 Å². The number of nitrogens with zero attached hydrogens (tertiary/aromatic N) is 2. The van der Waals surface area contributed by atoms with Crippen molar-refractivity contribution in [2.45, 2.75) is 6.42 Å². The van der Waals surface area contributed by atoms with Crippen molar-refractivity contribution in [2.24, 2.45) is 0 Å². The molecule has 1 aromatic heterocycles. The Hall–Kier alpha value is -3.61. The maximum Gasteiger partial charge on any atom is 0.271 e. The number of aromatic nitrogens is 2. The lowest BCUT2D eigenvalue weighted by molar-refractivity contribution is 0.0948. The van der Waals surface area contributed by atoms with Crippen molar-refractivity contribution in [3.8, 4) is 11.5 Å². The van der Waals surface area contributed by atoms with Gasteiger partial charge in [-0.25, -0.2) is 0 Å². The van der Waals surface area contributed by atoms with Crippen molar-refractivity contribution in [3.05, 3.63) is 71.9 Å². The molecule has 2 N–H and O–H groups in total. The standard InChI is InChI=1S/C21H22N4O3/c1-27-18-10-8-16(14-19(18)28-2)23-20-11-9-17(24-25-20)21(26)22-13-12-15-6-4-3-5-7-15/h3-11,14H,12-13H2,1-2H3,(H,22,26)(H,23,25). The fourth-order valence-corrected chi connectivity index (χ4v) is 2.64. The summed E-state index contributed by atoms with van der Waals surface area (Å²) in [6.07, 6.45) is 0.763. The van der Waals surface area contributed by atoms with Crippen molar-refractivity contribution in [3.63, 3.8) is 0 Å². The molecule has 0 saturated heterocycles. The third kappa shape index (κ3) is 4.97. The van der Waals surface area contributed by atoms with E-state index in [-0.39, 0.29) is 11.6 Å². The predicted octanol–water partition coefficient (Wildman–Crippen LogP) is 3.21. The second-order valence-electron chi connectivity index (χ2n) is 5.99. The minimum atomic E-state index is -0.249. The Morgan fingerprint density at radius 1 is 0.929 bits per heavy atom. The van der Waals surface area contributed by atoms with Gasteiger partial charge in [-0.15, -0.1) is 10.2 Å². The van der Waals surface area contributed by atoms with Crippen LogP contribution in [0.4, 0.5) is 11.5 Å². The number of anilines is 2. The molecule has 0 radical (unpaired) electrons. The average molecular weight is 378 g/mol. The Labute approximate surface area is 163 Å². The number of rotatable bonds is 8. The highest BCUT2D eigenvalue weighted by Crippen LogP contribution is 2.30. The maximum atomic E-state index is 12.2. The van der Waals surface area contributed by atoms with Crippen LogP contribution in [0.1, 0.15) is 16.1 Å². The lowest BCUT2D eigenvalue weighted by Crippen LogP contribution is -2.26. The predicted molar refractivity (Wildman–Crippen MR) is 107 cm³/mol. The molecule has 3 rings (SSSR count). The summed E-state index contributed by atoms with van der Waals surface area (Å²) < 4.78 is 10.5. The minimum absolute atomic E-state index is 0.249. The number of carbonyl (C=O) groups is 1. The summed E-state index contributed by atoms with van der Waals surface area (Å²) in [6.45, 7) is 0.538. The van der Waals surface area contributed by atoms with Gasteiger partial charge in [0.05, 0.1) is 14.2 Å². The van der Waals surface area contributed by atoms with E-state index < -0.39 is 0 Å². The quantitative estimate of drug-likeness (QED) is 0.626. The Bertz CT molecular complexity index is 915. The van der Waals surface area contributed by atoms with Gasteiger partial charge < -0.3 is 20.1 Å². The molecule has 0 bridgehead atoms. The van der Waals surface area contributed by atoms with Gasteiger partial charge in [0.15, 0.2) is 23.0 Å². The molecule has 0 fully saturated rings. The summed E-state index contributed by atoms with van der Waals surface area (Å²) in [6, 6.07) is 18.8. The molecule has 0 aliphatic carbocycles. The van der Waals surface area contributed by atoms with Gasteiger partial charge in [-0.1, -0.05) is 30.3 Å². The third-order valence-electron chi connectivity index (χ3n) is 4.10. The number of hydrogen-bond acceptors (Lipinski definition) is 6. The van der Waals surface area contributed by atoms with E-state index >= 15 is 0 Å². The summed E-state index contributed by atoms with van der Waals surface area (Å²) >= 11 is 0. The van der Waals surface area contributed by atoms with Gasteiger partial charge in [-0.2, -0.15) is 0 Å². The van der Waals surface area contributed by atoms with Crippen LogP contribution in [0.5, 0.6) is 11.5 Å². The molecule has 7 heteroatoms.